The molecule has 0 saturated carbocycles. The van der Waals surface area contributed by atoms with Crippen molar-refractivity contribution < 1.29 is 22.7 Å². The van der Waals surface area contributed by atoms with Crippen molar-refractivity contribution in [2.24, 2.45) is 0 Å². The number of hydrogen-bond acceptors (Lipinski definition) is 2. The number of halogens is 4. The van der Waals surface area contributed by atoms with Gasteiger partial charge in [-0.1, -0.05) is 42.8 Å². The van der Waals surface area contributed by atoms with Gasteiger partial charge in [-0.3, -0.25) is 0 Å². The Morgan fingerprint density at radius 2 is 1.63 bits per heavy atom. The van der Waals surface area contributed by atoms with Crippen molar-refractivity contribution in [3.05, 3.63) is 81.9 Å². The van der Waals surface area contributed by atoms with E-state index in [2.05, 4.69) is 0 Å². The van der Waals surface area contributed by atoms with Crippen molar-refractivity contribution in [3.8, 4) is 22.3 Å². The van der Waals surface area contributed by atoms with Crippen LogP contribution in [0.1, 0.15) is 34.0 Å². The molecule has 0 atom stereocenters. The van der Waals surface area contributed by atoms with Gasteiger partial charge in [-0.15, -0.1) is 0 Å². The van der Waals surface area contributed by atoms with Crippen LogP contribution in [-0.4, -0.2) is 13.1 Å². The van der Waals surface area contributed by atoms with Crippen molar-refractivity contribution in [1.82, 2.24) is 0 Å². The highest BCUT2D eigenvalue weighted by Crippen LogP contribution is 2.40. The van der Waals surface area contributed by atoms with Gasteiger partial charge < -0.3 is 4.74 Å². The fraction of sp³-hybridized carbons (Fsp3) is 0.208. The molecule has 0 aliphatic carbocycles. The number of aryl methyl sites for hydroxylation is 1. The van der Waals surface area contributed by atoms with Crippen LogP contribution in [0, 0.1) is 6.92 Å². The maximum Gasteiger partial charge on any atom is 0.416 e. The Hall–Kier alpha value is -2.79. The predicted octanol–water partition coefficient (Wildman–Crippen LogP) is 7.35. The molecule has 0 aromatic heterocycles. The molecule has 0 amide bonds. The Bertz CT molecular complexity index is 1090. The summed E-state index contributed by atoms with van der Waals surface area (Å²) in [4.78, 5) is 11.8. The number of carbonyl (C=O) groups excluding carboxylic acids is 1. The van der Waals surface area contributed by atoms with Crippen LogP contribution in [0.4, 0.5) is 13.2 Å². The Morgan fingerprint density at radius 1 is 1.00 bits per heavy atom. The zero-order valence-electron chi connectivity index (χ0n) is 16.7. The maximum atomic E-state index is 12.9. The van der Waals surface area contributed by atoms with E-state index in [-0.39, 0.29) is 0 Å². The fourth-order valence-corrected chi connectivity index (χ4v) is 3.87. The van der Waals surface area contributed by atoms with E-state index >= 15 is 0 Å². The van der Waals surface area contributed by atoms with Crippen molar-refractivity contribution in [2.75, 3.05) is 7.11 Å². The Morgan fingerprint density at radius 3 is 2.17 bits per heavy atom. The first-order chi connectivity index (χ1) is 14.2. The summed E-state index contributed by atoms with van der Waals surface area (Å²) in [5.41, 5.74) is 4.73. The van der Waals surface area contributed by atoms with Crippen molar-refractivity contribution in [2.45, 2.75) is 26.4 Å². The zero-order valence-corrected chi connectivity index (χ0v) is 17.5. The highest BCUT2D eigenvalue weighted by atomic mass is 35.5. The summed E-state index contributed by atoms with van der Waals surface area (Å²) in [6.07, 6.45) is -3.76. The molecule has 0 aliphatic heterocycles. The van der Waals surface area contributed by atoms with Crippen LogP contribution in [0.5, 0.6) is 0 Å². The Kier molecular flexibility index (Phi) is 6.22. The van der Waals surface area contributed by atoms with E-state index in [0.717, 1.165) is 34.4 Å². The van der Waals surface area contributed by atoms with Gasteiger partial charge in [-0.25, -0.2) is 4.79 Å². The van der Waals surface area contributed by atoms with Gasteiger partial charge in [0, 0.05) is 10.6 Å². The van der Waals surface area contributed by atoms with Crippen LogP contribution < -0.4 is 0 Å². The summed E-state index contributed by atoms with van der Waals surface area (Å²) in [5, 5.41) is 0.471. The molecule has 156 valence electrons. The fourth-order valence-electron chi connectivity index (χ4n) is 3.59. The minimum atomic E-state index is -4.39. The summed E-state index contributed by atoms with van der Waals surface area (Å²) in [6.45, 7) is 3.87. The minimum absolute atomic E-state index is 0.415. The third-order valence-electron chi connectivity index (χ3n) is 5.05. The highest BCUT2D eigenvalue weighted by molar-refractivity contribution is 6.33. The summed E-state index contributed by atoms with van der Waals surface area (Å²) in [5.74, 6) is -0.415. The van der Waals surface area contributed by atoms with Gasteiger partial charge in [-0.2, -0.15) is 13.2 Å². The third-order valence-corrected chi connectivity index (χ3v) is 5.37. The highest BCUT2D eigenvalue weighted by Gasteiger charge is 2.30. The van der Waals surface area contributed by atoms with E-state index in [4.69, 9.17) is 16.3 Å². The van der Waals surface area contributed by atoms with E-state index < -0.39 is 17.7 Å². The lowest BCUT2D eigenvalue weighted by Crippen LogP contribution is -2.04. The second-order valence-corrected chi connectivity index (χ2v) is 7.31. The van der Waals surface area contributed by atoms with E-state index in [1.54, 1.807) is 18.2 Å². The standard InChI is InChI=1S/C24H20ClF3O2/c1-4-18-20(19-10-7-16(13-14(19)2)23(29)30-3)11-12-21(25)22(18)15-5-8-17(9-6-15)24(26,27)28/h5-13H,4H2,1-3H3. The van der Waals surface area contributed by atoms with Crippen molar-refractivity contribution >= 4 is 17.6 Å². The lowest BCUT2D eigenvalue weighted by Gasteiger charge is -2.18. The summed E-state index contributed by atoms with van der Waals surface area (Å²) in [6, 6.07) is 14.0. The summed E-state index contributed by atoms with van der Waals surface area (Å²) in [7, 11) is 1.33. The molecule has 0 fully saturated rings. The maximum absolute atomic E-state index is 12.9. The monoisotopic (exact) mass is 432 g/mol. The third kappa shape index (κ3) is 4.21. The number of benzene rings is 3. The number of alkyl halides is 3. The minimum Gasteiger partial charge on any atom is -0.465 e. The van der Waals surface area contributed by atoms with Crippen LogP contribution in [0.3, 0.4) is 0 Å². The first kappa shape index (κ1) is 21.9. The van der Waals surface area contributed by atoms with E-state index in [1.165, 1.54) is 19.2 Å². The topological polar surface area (TPSA) is 26.3 Å². The number of esters is 1. The van der Waals surface area contributed by atoms with Crippen molar-refractivity contribution in [1.29, 1.82) is 0 Å². The number of carbonyl (C=O) groups is 1. The van der Waals surface area contributed by atoms with Gasteiger partial charge >= 0.3 is 12.1 Å². The molecule has 2 nitrogen and oxygen atoms in total. The van der Waals surface area contributed by atoms with E-state index in [0.29, 0.717) is 28.1 Å². The molecule has 0 N–H and O–H groups in total. The van der Waals surface area contributed by atoms with Gasteiger partial charge in [0.1, 0.15) is 0 Å². The lowest BCUT2D eigenvalue weighted by molar-refractivity contribution is -0.137. The molecule has 0 aliphatic rings. The molecule has 3 rings (SSSR count). The Balaban J connectivity index is 2.15. The molecular weight excluding hydrogens is 413 g/mol. The second kappa shape index (κ2) is 8.52. The normalized spacial score (nSPS) is 11.4. The second-order valence-electron chi connectivity index (χ2n) is 6.90. The van der Waals surface area contributed by atoms with E-state index in [1.807, 2.05) is 26.0 Å². The van der Waals surface area contributed by atoms with Crippen LogP contribution in [-0.2, 0) is 17.3 Å². The van der Waals surface area contributed by atoms with Crippen LogP contribution in [0.15, 0.2) is 54.6 Å². The number of methoxy groups -OCH3 is 1. The molecular formula is C24H20ClF3O2. The largest absolute Gasteiger partial charge is 0.465 e. The molecule has 0 bridgehead atoms. The molecule has 30 heavy (non-hydrogen) atoms. The average Bonchev–Trinajstić information content (AvgIpc) is 2.72. The zero-order chi connectivity index (χ0) is 22.1. The number of ether oxygens (including phenoxy) is 1. The smallest absolute Gasteiger partial charge is 0.416 e. The molecule has 3 aromatic rings. The van der Waals surface area contributed by atoms with Gasteiger partial charge in [0.25, 0.3) is 0 Å². The molecule has 0 radical (unpaired) electrons. The summed E-state index contributed by atoms with van der Waals surface area (Å²) < 4.78 is 43.6. The molecule has 0 spiro atoms. The molecule has 6 heteroatoms. The molecule has 3 aromatic carbocycles. The predicted molar refractivity (Wildman–Crippen MR) is 113 cm³/mol. The van der Waals surface area contributed by atoms with Gasteiger partial charge in [0.2, 0.25) is 0 Å². The van der Waals surface area contributed by atoms with Crippen LogP contribution in [0.2, 0.25) is 5.02 Å². The Labute approximate surface area is 178 Å². The van der Waals surface area contributed by atoms with Gasteiger partial charge in [-0.05, 0) is 71.5 Å². The number of hydrogen-bond donors (Lipinski definition) is 0. The van der Waals surface area contributed by atoms with Gasteiger partial charge in [0.15, 0.2) is 0 Å². The SMILES string of the molecule is CCc1c(-c2ccc(C(=O)OC)cc2C)ccc(Cl)c1-c1ccc(C(F)(F)F)cc1. The molecule has 0 heterocycles. The lowest BCUT2D eigenvalue weighted by atomic mass is 9.88. The first-order valence-electron chi connectivity index (χ1n) is 9.35. The van der Waals surface area contributed by atoms with Gasteiger partial charge in [0.05, 0.1) is 18.2 Å². The number of rotatable bonds is 4. The van der Waals surface area contributed by atoms with Crippen LogP contribution in [0.25, 0.3) is 22.3 Å². The van der Waals surface area contributed by atoms with E-state index in [9.17, 15) is 18.0 Å². The first-order valence-corrected chi connectivity index (χ1v) is 9.73. The average molecular weight is 433 g/mol. The molecule has 0 unspecified atom stereocenters. The summed E-state index contributed by atoms with van der Waals surface area (Å²) >= 11 is 6.47. The molecule has 0 saturated heterocycles. The van der Waals surface area contributed by atoms with Crippen LogP contribution >= 0.6 is 11.6 Å². The van der Waals surface area contributed by atoms with Crippen molar-refractivity contribution in [3.63, 3.8) is 0 Å². The quantitative estimate of drug-likeness (QED) is 0.403.